The molecule has 0 saturated carbocycles. The summed E-state index contributed by atoms with van der Waals surface area (Å²) < 4.78 is 11.7. The second-order valence-electron chi connectivity index (χ2n) is 8.77. The van der Waals surface area contributed by atoms with Gasteiger partial charge in [-0.2, -0.15) is 0 Å². The van der Waals surface area contributed by atoms with E-state index in [2.05, 4.69) is 62.2 Å². The molecule has 0 aliphatic carbocycles. The van der Waals surface area contributed by atoms with Crippen molar-refractivity contribution >= 4 is 43.8 Å². The third-order valence-corrected chi connectivity index (χ3v) is 5.81. The van der Waals surface area contributed by atoms with Gasteiger partial charge in [0.05, 0.1) is 22.7 Å². The van der Waals surface area contributed by atoms with Crippen molar-refractivity contribution in [1.82, 2.24) is 9.97 Å². The first-order valence-electron chi connectivity index (χ1n) is 10.1. The lowest BCUT2D eigenvalue weighted by atomic mass is 9.82. The average Bonchev–Trinajstić information content (AvgIpc) is 3.36. The maximum absolute atomic E-state index is 6.16. The first kappa shape index (κ1) is 17.2. The standard InChI is InChI=1S/C26H20N2O2/c1-26(2,3)20-13-16(12-15-6-4-5-7-17(15)20)23-22-19-8-9-21-18(10-11-29-21)24(19)30-25(22)28-14-27-23/h4-14H,1-3H3. The van der Waals surface area contributed by atoms with E-state index in [0.29, 0.717) is 5.71 Å². The summed E-state index contributed by atoms with van der Waals surface area (Å²) >= 11 is 0. The van der Waals surface area contributed by atoms with Crippen LogP contribution >= 0.6 is 0 Å². The van der Waals surface area contributed by atoms with Gasteiger partial charge in [-0.15, -0.1) is 0 Å². The molecule has 3 heterocycles. The van der Waals surface area contributed by atoms with E-state index in [1.54, 1.807) is 12.6 Å². The molecule has 0 bridgehead atoms. The molecule has 0 amide bonds. The highest BCUT2D eigenvalue weighted by molar-refractivity contribution is 6.17. The molecule has 0 aliphatic heterocycles. The van der Waals surface area contributed by atoms with Gasteiger partial charge in [-0.3, -0.25) is 0 Å². The normalized spacial score (nSPS) is 12.5. The van der Waals surface area contributed by atoms with E-state index in [1.807, 2.05) is 18.2 Å². The second kappa shape index (κ2) is 5.92. The molecule has 0 aliphatic rings. The van der Waals surface area contributed by atoms with Gasteiger partial charge in [-0.1, -0.05) is 45.0 Å². The lowest BCUT2D eigenvalue weighted by Crippen LogP contribution is -2.12. The van der Waals surface area contributed by atoms with Crippen LogP contribution < -0.4 is 0 Å². The van der Waals surface area contributed by atoms with Crippen molar-refractivity contribution in [2.75, 3.05) is 0 Å². The van der Waals surface area contributed by atoms with Crippen LogP contribution in [0.25, 0.3) is 55.1 Å². The summed E-state index contributed by atoms with van der Waals surface area (Å²) in [4.78, 5) is 9.12. The number of rotatable bonds is 1. The fraction of sp³-hybridized carbons (Fsp3) is 0.154. The van der Waals surface area contributed by atoms with Crippen LogP contribution in [0.5, 0.6) is 0 Å². The molecule has 0 radical (unpaired) electrons. The zero-order valence-electron chi connectivity index (χ0n) is 17.1. The van der Waals surface area contributed by atoms with Gasteiger partial charge in [0.2, 0.25) is 5.71 Å². The van der Waals surface area contributed by atoms with Crippen molar-refractivity contribution < 1.29 is 8.83 Å². The summed E-state index contributed by atoms with van der Waals surface area (Å²) in [7, 11) is 0. The number of hydrogen-bond acceptors (Lipinski definition) is 4. The fourth-order valence-corrected chi connectivity index (χ4v) is 4.40. The van der Waals surface area contributed by atoms with Gasteiger partial charge in [0.25, 0.3) is 0 Å². The molecule has 0 saturated heterocycles. The van der Waals surface area contributed by atoms with Gasteiger partial charge in [-0.25, -0.2) is 9.97 Å². The average molecular weight is 392 g/mol. The van der Waals surface area contributed by atoms with Gasteiger partial charge < -0.3 is 8.83 Å². The predicted molar refractivity (Wildman–Crippen MR) is 121 cm³/mol. The van der Waals surface area contributed by atoms with Crippen LogP contribution in [-0.2, 0) is 5.41 Å². The van der Waals surface area contributed by atoms with Crippen LogP contribution in [-0.4, -0.2) is 9.97 Å². The first-order valence-corrected chi connectivity index (χ1v) is 10.1. The number of fused-ring (bicyclic) bond motifs is 6. The molecule has 4 nitrogen and oxygen atoms in total. The van der Waals surface area contributed by atoms with Crippen molar-refractivity contribution in [3.63, 3.8) is 0 Å². The lowest BCUT2D eigenvalue weighted by molar-refractivity contribution is 0.596. The second-order valence-corrected chi connectivity index (χ2v) is 8.77. The number of hydrogen-bond donors (Lipinski definition) is 0. The minimum Gasteiger partial charge on any atom is -0.464 e. The van der Waals surface area contributed by atoms with Crippen molar-refractivity contribution in [1.29, 1.82) is 0 Å². The minimum atomic E-state index is 0.00315. The largest absolute Gasteiger partial charge is 0.464 e. The summed E-state index contributed by atoms with van der Waals surface area (Å²) in [6, 6.07) is 18.9. The monoisotopic (exact) mass is 392 g/mol. The molecule has 0 atom stereocenters. The summed E-state index contributed by atoms with van der Waals surface area (Å²) in [6.07, 6.45) is 3.27. The summed E-state index contributed by atoms with van der Waals surface area (Å²) in [5, 5.41) is 5.36. The third-order valence-electron chi connectivity index (χ3n) is 5.81. The van der Waals surface area contributed by atoms with E-state index in [4.69, 9.17) is 13.8 Å². The Hall–Kier alpha value is -3.66. The topological polar surface area (TPSA) is 52.1 Å². The molecule has 3 aromatic carbocycles. The molecule has 0 unspecified atom stereocenters. The molecule has 6 aromatic rings. The smallest absolute Gasteiger partial charge is 0.231 e. The molecule has 146 valence electrons. The molecule has 4 heteroatoms. The zero-order chi connectivity index (χ0) is 20.5. The van der Waals surface area contributed by atoms with E-state index in [9.17, 15) is 0 Å². The van der Waals surface area contributed by atoms with Gasteiger partial charge in [0, 0.05) is 10.9 Å². The summed E-state index contributed by atoms with van der Waals surface area (Å²) in [5.74, 6) is 0. The van der Waals surface area contributed by atoms with Crippen LogP contribution in [0.4, 0.5) is 0 Å². The SMILES string of the molecule is CC(C)(C)c1cc(-c2ncnc3oc4c5ccoc5ccc4c23)cc2ccccc12. The van der Waals surface area contributed by atoms with E-state index < -0.39 is 0 Å². The molecule has 0 spiro atoms. The number of aromatic nitrogens is 2. The van der Waals surface area contributed by atoms with E-state index in [-0.39, 0.29) is 5.41 Å². The molecule has 0 N–H and O–H groups in total. The molecule has 30 heavy (non-hydrogen) atoms. The Morgan fingerprint density at radius 2 is 1.70 bits per heavy atom. The van der Waals surface area contributed by atoms with Gasteiger partial charge in [-0.05, 0) is 52.1 Å². The predicted octanol–water partition coefficient (Wildman–Crippen LogP) is 7.24. The summed E-state index contributed by atoms with van der Waals surface area (Å²) in [6.45, 7) is 6.74. The molecular formula is C26H20N2O2. The van der Waals surface area contributed by atoms with Crippen LogP contribution in [0, 0.1) is 0 Å². The van der Waals surface area contributed by atoms with Gasteiger partial charge >= 0.3 is 0 Å². The number of benzene rings is 3. The minimum absolute atomic E-state index is 0.00315. The van der Waals surface area contributed by atoms with Crippen LogP contribution in [0.3, 0.4) is 0 Å². The van der Waals surface area contributed by atoms with Gasteiger partial charge in [0.15, 0.2) is 0 Å². The maximum Gasteiger partial charge on any atom is 0.231 e. The van der Waals surface area contributed by atoms with Crippen molar-refractivity contribution in [3.8, 4) is 11.3 Å². The lowest BCUT2D eigenvalue weighted by Gasteiger charge is -2.22. The highest BCUT2D eigenvalue weighted by Crippen LogP contribution is 2.40. The van der Waals surface area contributed by atoms with Gasteiger partial charge in [0.1, 0.15) is 17.5 Å². The van der Waals surface area contributed by atoms with E-state index in [0.717, 1.165) is 38.6 Å². The van der Waals surface area contributed by atoms with E-state index in [1.165, 1.54) is 16.3 Å². The Bertz CT molecular complexity index is 1580. The van der Waals surface area contributed by atoms with Crippen molar-refractivity contribution in [2.24, 2.45) is 0 Å². The molecule has 0 fully saturated rings. The fourth-order valence-electron chi connectivity index (χ4n) is 4.40. The molecular weight excluding hydrogens is 372 g/mol. The highest BCUT2D eigenvalue weighted by Gasteiger charge is 2.21. The third kappa shape index (κ3) is 2.40. The summed E-state index contributed by atoms with van der Waals surface area (Å²) in [5.41, 5.74) is 5.44. The van der Waals surface area contributed by atoms with Crippen LogP contribution in [0.1, 0.15) is 26.3 Å². The molecule has 6 rings (SSSR count). The van der Waals surface area contributed by atoms with Crippen molar-refractivity contribution in [2.45, 2.75) is 26.2 Å². The Kier molecular flexibility index (Phi) is 3.40. The Morgan fingerprint density at radius 1 is 0.833 bits per heavy atom. The maximum atomic E-state index is 6.16. The highest BCUT2D eigenvalue weighted by atomic mass is 16.3. The van der Waals surface area contributed by atoms with E-state index >= 15 is 0 Å². The number of nitrogens with zero attached hydrogens (tertiary/aromatic N) is 2. The van der Waals surface area contributed by atoms with Crippen LogP contribution in [0.2, 0.25) is 0 Å². The number of furan rings is 2. The quantitative estimate of drug-likeness (QED) is 0.296. The Labute approximate surface area is 173 Å². The molecule has 3 aromatic heterocycles. The van der Waals surface area contributed by atoms with Crippen LogP contribution in [0.15, 0.2) is 76.0 Å². The Morgan fingerprint density at radius 3 is 2.57 bits per heavy atom. The Balaban J connectivity index is 1.73. The van der Waals surface area contributed by atoms with Crippen molar-refractivity contribution in [3.05, 3.63) is 72.8 Å². The first-order chi connectivity index (χ1) is 14.5. The zero-order valence-corrected chi connectivity index (χ0v) is 17.1.